The summed E-state index contributed by atoms with van der Waals surface area (Å²) in [6.07, 6.45) is -4.76. The normalized spacial score (nSPS) is 12.1. The highest BCUT2D eigenvalue weighted by Crippen LogP contribution is 2.26. The predicted octanol–water partition coefficient (Wildman–Crippen LogP) is 2.63. The van der Waals surface area contributed by atoms with Crippen molar-refractivity contribution in [3.63, 3.8) is 0 Å². The number of para-hydroxylation sites is 1. The molecule has 0 heterocycles. The van der Waals surface area contributed by atoms with Crippen LogP contribution in [-0.2, 0) is 16.1 Å². The lowest BCUT2D eigenvalue weighted by atomic mass is 10.1. The summed E-state index contributed by atoms with van der Waals surface area (Å²) < 4.78 is 45.3. The molecule has 7 heteroatoms. The summed E-state index contributed by atoms with van der Waals surface area (Å²) in [4.78, 5) is 11.5. The third-order valence-corrected chi connectivity index (χ3v) is 2.61. The van der Waals surface area contributed by atoms with Crippen molar-refractivity contribution < 1.29 is 27.4 Å². The Morgan fingerprint density at radius 2 is 1.85 bits per heavy atom. The molecule has 0 radical (unpaired) electrons. The second kappa shape index (κ2) is 6.13. The minimum Gasteiger partial charge on any atom is -0.468 e. The molecule has 4 nitrogen and oxygen atoms in total. The summed E-state index contributed by atoms with van der Waals surface area (Å²) in [5.74, 6) is -0.806. The molecule has 0 fully saturated rings. The summed E-state index contributed by atoms with van der Waals surface area (Å²) in [7, 11) is 1.24. The number of nitrogens with one attached hydrogen (secondary N) is 1. The van der Waals surface area contributed by atoms with Gasteiger partial charge >= 0.3 is 12.3 Å². The molecule has 0 unspecified atom stereocenters. The van der Waals surface area contributed by atoms with Crippen molar-refractivity contribution in [1.29, 1.82) is 0 Å². The van der Waals surface area contributed by atoms with Crippen LogP contribution in [0.4, 0.5) is 13.2 Å². The van der Waals surface area contributed by atoms with Gasteiger partial charge in [-0.2, -0.15) is 0 Å². The Morgan fingerprint density at radius 1 is 1.25 bits per heavy atom. The smallest absolute Gasteiger partial charge is 0.468 e. The van der Waals surface area contributed by atoms with Crippen molar-refractivity contribution >= 4 is 5.97 Å². The average molecular weight is 291 g/mol. The first-order valence-electron chi connectivity index (χ1n) is 5.83. The molecule has 20 heavy (non-hydrogen) atoms. The number of halogens is 3. The van der Waals surface area contributed by atoms with Crippen LogP contribution in [0.1, 0.15) is 19.4 Å². The zero-order valence-electron chi connectivity index (χ0n) is 11.4. The number of hydrogen-bond donors (Lipinski definition) is 1. The second-order valence-corrected chi connectivity index (χ2v) is 4.63. The highest BCUT2D eigenvalue weighted by atomic mass is 19.4. The third-order valence-electron chi connectivity index (χ3n) is 2.61. The van der Waals surface area contributed by atoms with Crippen molar-refractivity contribution in [1.82, 2.24) is 5.32 Å². The van der Waals surface area contributed by atoms with Gasteiger partial charge in [-0.25, -0.2) is 0 Å². The topological polar surface area (TPSA) is 47.6 Å². The maximum atomic E-state index is 12.3. The summed E-state index contributed by atoms with van der Waals surface area (Å²) >= 11 is 0. The Kier molecular flexibility index (Phi) is 4.99. The van der Waals surface area contributed by atoms with Gasteiger partial charge in [-0.3, -0.25) is 10.1 Å². The average Bonchev–Trinajstić information content (AvgIpc) is 2.35. The Labute approximate surface area is 114 Å². The van der Waals surface area contributed by atoms with Gasteiger partial charge in [-0.15, -0.1) is 13.2 Å². The number of esters is 1. The van der Waals surface area contributed by atoms with E-state index in [0.29, 0.717) is 5.56 Å². The number of methoxy groups -OCH3 is 1. The van der Waals surface area contributed by atoms with Crippen LogP contribution in [0.25, 0.3) is 0 Å². The van der Waals surface area contributed by atoms with Gasteiger partial charge in [0.25, 0.3) is 0 Å². The lowest BCUT2D eigenvalue weighted by Crippen LogP contribution is -2.47. The molecule has 112 valence electrons. The largest absolute Gasteiger partial charge is 0.573 e. The summed E-state index contributed by atoms with van der Waals surface area (Å²) in [5, 5.41) is 2.83. The Balaban J connectivity index is 2.81. The fourth-order valence-electron chi connectivity index (χ4n) is 1.52. The summed E-state index contributed by atoms with van der Waals surface area (Å²) in [6.45, 7) is 3.19. The van der Waals surface area contributed by atoms with Gasteiger partial charge in [0.05, 0.1) is 7.11 Å². The van der Waals surface area contributed by atoms with E-state index in [1.165, 1.54) is 25.3 Å². The minimum absolute atomic E-state index is 0.0361. The van der Waals surface area contributed by atoms with E-state index in [4.69, 9.17) is 0 Å². The molecule has 1 aromatic carbocycles. The molecule has 0 spiro atoms. The van der Waals surface area contributed by atoms with Gasteiger partial charge in [-0.05, 0) is 19.9 Å². The van der Waals surface area contributed by atoms with E-state index in [1.807, 2.05) is 0 Å². The number of carbonyl (C=O) groups excluding carboxylic acids is 1. The van der Waals surface area contributed by atoms with E-state index in [9.17, 15) is 18.0 Å². The summed E-state index contributed by atoms with van der Waals surface area (Å²) in [6, 6.07) is 5.73. The highest BCUT2D eigenvalue weighted by Gasteiger charge is 2.32. The molecule has 0 aliphatic rings. The number of ether oxygens (including phenoxy) is 2. The van der Waals surface area contributed by atoms with Crippen LogP contribution in [0.2, 0.25) is 0 Å². The van der Waals surface area contributed by atoms with E-state index >= 15 is 0 Å². The molecule has 1 N–H and O–H groups in total. The first-order chi connectivity index (χ1) is 9.15. The van der Waals surface area contributed by atoms with Crippen LogP contribution in [0.15, 0.2) is 24.3 Å². The van der Waals surface area contributed by atoms with Gasteiger partial charge in [0.2, 0.25) is 0 Å². The first kappa shape index (κ1) is 16.3. The van der Waals surface area contributed by atoms with Gasteiger partial charge < -0.3 is 9.47 Å². The molecule has 0 bridgehead atoms. The van der Waals surface area contributed by atoms with Gasteiger partial charge in [-0.1, -0.05) is 18.2 Å². The maximum absolute atomic E-state index is 12.3. The molecular formula is C13H16F3NO3. The lowest BCUT2D eigenvalue weighted by molar-refractivity contribution is -0.274. The maximum Gasteiger partial charge on any atom is 0.573 e. The van der Waals surface area contributed by atoms with Crippen LogP contribution in [0, 0.1) is 0 Å². The van der Waals surface area contributed by atoms with Crippen LogP contribution >= 0.6 is 0 Å². The number of rotatable bonds is 5. The van der Waals surface area contributed by atoms with Crippen molar-refractivity contribution in [3.8, 4) is 5.75 Å². The first-order valence-corrected chi connectivity index (χ1v) is 5.83. The van der Waals surface area contributed by atoms with Crippen LogP contribution in [-0.4, -0.2) is 25.0 Å². The van der Waals surface area contributed by atoms with Crippen molar-refractivity contribution in [3.05, 3.63) is 29.8 Å². The van der Waals surface area contributed by atoms with E-state index in [-0.39, 0.29) is 12.3 Å². The molecule has 0 saturated heterocycles. The fourth-order valence-corrected chi connectivity index (χ4v) is 1.52. The lowest BCUT2D eigenvalue weighted by Gasteiger charge is -2.24. The fraction of sp³-hybridized carbons (Fsp3) is 0.462. The Bertz CT molecular complexity index is 472. The van der Waals surface area contributed by atoms with Crippen molar-refractivity contribution in [2.45, 2.75) is 32.3 Å². The zero-order chi connectivity index (χ0) is 15.4. The molecule has 0 atom stereocenters. The number of carbonyl (C=O) groups is 1. The van der Waals surface area contributed by atoms with Crippen molar-refractivity contribution in [2.75, 3.05) is 7.11 Å². The van der Waals surface area contributed by atoms with Gasteiger partial charge in [0.1, 0.15) is 11.3 Å². The van der Waals surface area contributed by atoms with Crippen LogP contribution in [0.5, 0.6) is 5.75 Å². The van der Waals surface area contributed by atoms with Crippen LogP contribution in [0.3, 0.4) is 0 Å². The second-order valence-electron chi connectivity index (χ2n) is 4.63. The SMILES string of the molecule is COC(=O)C(C)(C)NCc1ccccc1OC(F)(F)F. The van der Waals surface area contributed by atoms with Gasteiger partial charge in [0.15, 0.2) is 0 Å². The van der Waals surface area contributed by atoms with Gasteiger partial charge in [0, 0.05) is 12.1 Å². The zero-order valence-corrected chi connectivity index (χ0v) is 11.4. The van der Waals surface area contributed by atoms with E-state index < -0.39 is 17.9 Å². The number of benzene rings is 1. The minimum atomic E-state index is -4.76. The summed E-state index contributed by atoms with van der Waals surface area (Å²) in [5.41, 5.74) is -0.720. The molecule has 0 amide bonds. The quantitative estimate of drug-likeness (QED) is 0.847. The number of alkyl halides is 3. The Morgan fingerprint density at radius 3 is 2.40 bits per heavy atom. The van der Waals surface area contributed by atoms with E-state index in [0.717, 1.165) is 0 Å². The molecule has 0 saturated carbocycles. The highest BCUT2D eigenvalue weighted by molar-refractivity contribution is 5.79. The van der Waals surface area contributed by atoms with E-state index in [2.05, 4.69) is 14.8 Å². The molecule has 0 aliphatic heterocycles. The van der Waals surface area contributed by atoms with E-state index in [1.54, 1.807) is 19.9 Å². The molecule has 1 rings (SSSR count). The van der Waals surface area contributed by atoms with Crippen molar-refractivity contribution in [2.24, 2.45) is 0 Å². The molecule has 0 aromatic heterocycles. The number of hydrogen-bond acceptors (Lipinski definition) is 4. The third kappa shape index (κ3) is 4.73. The predicted molar refractivity (Wildman–Crippen MR) is 66.1 cm³/mol. The molecule has 0 aliphatic carbocycles. The monoisotopic (exact) mass is 291 g/mol. The van der Waals surface area contributed by atoms with Crippen LogP contribution < -0.4 is 10.1 Å². The molecular weight excluding hydrogens is 275 g/mol. The molecule has 1 aromatic rings. The Hall–Kier alpha value is -1.76. The standard InChI is InChI=1S/C13H16F3NO3/c1-12(2,11(18)19-3)17-8-9-6-4-5-7-10(9)20-13(14,15)16/h4-7,17H,8H2,1-3H3.